The summed E-state index contributed by atoms with van der Waals surface area (Å²) in [6.07, 6.45) is 1.40. The molecule has 1 aromatic carbocycles. The summed E-state index contributed by atoms with van der Waals surface area (Å²) < 4.78 is 0. The minimum atomic E-state index is 0.148. The molecule has 0 unspecified atom stereocenters. The Hall–Kier alpha value is -1.45. The molecule has 2 rings (SSSR count). The highest BCUT2D eigenvalue weighted by molar-refractivity contribution is 6.43. The van der Waals surface area contributed by atoms with Gasteiger partial charge >= 0.3 is 0 Å². The summed E-state index contributed by atoms with van der Waals surface area (Å²) in [5, 5.41) is 13.2. The lowest BCUT2D eigenvalue weighted by Crippen LogP contribution is -2.01. The molecule has 2 N–H and O–H groups in total. The second-order valence-corrected chi connectivity index (χ2v) is 4.25. The minimum Gasteiger partial charge on any atom is -0.506 e. The van der Waals surface area contributed by atoms with Crippen molar-refractivity contribution >= 4 is 28.9 Å². The maximum absolute atomic E-state index is 9.10. The van der Waals surface area contributed by atoms with E-state index in [1.165, 1.54) is 6.20 Å². The van der Waals surface area contributed by atoms with Crippen molar-refractivity contribution in [1.29, 1.82) is 0 Å². The fraction of sp³-hybridized carbons (Fsp3) is 0.0833. The summed E-state index contributed by atoms with van der Waals surface area (Å²) in [6.45, 7) is 0.514. The van der Waals surface area contributed by atoms with Gasteiger partial charge in [0, 0.05) is 0 Å². The molecule has 88 valence electrons. The topological polar surface area (TPSA) is 45.1 Å². The number of nitrogens with one attached hydrogen (secondary N) is 1. The van der Waals surface area contributed by atoms with Gasteiger partial charge in [0.2, 0.25) is 0 Å². The SMILES string of the molecule is Oc1ccc(CNc2cccc(Cl)c2Cl)nc1. The number of nitrogens with zero attached hydrogens (tertiary/aromatic N) is 1. The Bertz CT molecular complexity index is 514. The summed E-state index contributed by atoms with van der Waals surface area (Å²) in [5.74, 6) is 0.148. The van der Waals surface area contributed by atoms with Crippen LogP contribution in [-0.4, -0.2) is 10.1 Å². The number of benzene rings is 1. The van der Waals surface area contributed by atoms with Crippen LogP contribution in [0.5, 0.6) is 5.75 Å². The van der Waals surface area contributed by atoms with E-state index >= 15 is 0 Å². The van der Waals surface area contributed by atoms with E-state index in [9.17, 15) is 0 Å². The van der Waals surface area contributed by atoms with Crippen molar-refractivity contribution in [2.45, 2.75) is 6.54 Å². The Labute approximate surface area is 109 Å². The normalized spacial score (nSPS) is 10.2. The van der Waals surface area contributed by atoms with Crippen LogP contribution in [0.25, 0.3) is 0 Å². The molecule has 1 heterocycles. The number of aromatic nitrogens is 1. The number of hydrogen-bond acceptors (Lipinski definition) is 3. The molecule has 0 aliphatic heterocycles. The highest BCUT2D eigenvalue weighted by atomic mass is 35.5. The minimum absolute atomic E-state index is 0.148. The van der Waals surface area contributed by atoms with Crippen LogP contribution >= 0.6 is 23.2 Å². The molecule has 0 saturated heterocycles. The van der Waals surface area contributed by atoms with Gasteiger partial charge in [0.05, 0.1) is 34.2 Å². The quantitative estimate of drug-likeness (QED) is 0.892. The Morgan fingerprint density at radius 2 is 2.00 bits per heavy atom. The lowest BCUT2D eigenvalue weighted by Gasteiger charge is -2.08. The Morgan fingerprint density at radius 3 is 2.71 bits per heavy atom. The van der Waals surface area contributed by atoms with Gasteiger partial charge in [0.25, 0.3) is 0 Å². The zero-order valence-corrected chi connectivity index (χ0v) is 10.3. The first-order chi connectivity index (χ1) is 8.16. The highest BCUT2D eigenvalue weighted by Gasteiger charge is 2.03. The molecular formula is C12H10Cl2N2O. The van der Waals surface area contributed by atoms with Crippen LogP contribution in [0.4, 0.5) is 5.69 Å². The van der Waals surface area contributed by atoms with Crippen LogP contribution in [0.1, 0.15) is 5.69 Å². The van der Waals surface area contributed by atoms with Gasteiger partial charge in [0.15, 0.2) is 0 Å². The van der Waals surface area contributed by atoms with Crippen LogP contribution in [0.15, 0.2) is 36.5 Å². The number of rotatable bonds is 3. The molecule has 3 nitrogen and oxygen atoms in total. The van der Waals surface area contributed by atoms with Crippen molar-refractivity contribution in [2.75, 3.05) is 5.32 Å². The Balaban J connectivity index is 2.07. The zero-order valence-electron chi connectivity index (χ0n) is 8.82. The number of aromatic hydroxyl groups is 1. The van der Waals surface area contributed by atoms with Crippen molar-refractivity contribution in [1.82, 2.24) is 4.98 Å². The molecule has 0 aliphatic rings. The molecule has 5 heteroatoms. The first-order valence-electron chi connectivity index (χ1n) is 4.98. The molecule has 2 aromatic rings. The molecule has 0 radical (unpaired) electrons. The van der Waals surface area contributed by atoms with Crippen molar-refractivity contribution in [3.8, 4) is 5.75 Å². The van der Waals surface area contributed by atoms with E-state index in [1.807, 2.05) is 12.1 Å². The van der Waals surface area contributed by atoms with Crippen molar-refractivity contribution in [2.24, 2.45) is 0 Å². The zero-order chi connectivity index (χ0) is 12.3. The maximum Gasteiger partial charge on any atom is 0.133 e. The van der Waals surface area contributed by atoms with Gasteiger partial charge in [-0.05, 0) is 24.3 Å². The fourth-order valence-corrected chi connectivity index (χ4v) is 1.71. The van der Waals surface area contributed by atoms with Crippen molar-refractivity contribution < 1.29 is 5.11 Å². The second kappa shape index (κ2) is 5.25. The van der Waals surface area contributed by atoms with Crippen molar-refractivity contribution in [3.05, 3.63) is 52.3 Å². The molecular weight excluding hydrogens is 259 g/mol. The fourth-order valence-electron chi connectivity index (χ4n) is 1.35. The third-order valence-electron chi connectivity index (χ3n) is 2.22. The van der Waals surface area contributed by atoms with Gasteiger partial charge in [-0.15, -0.1) is 0 Å². The summed E-state index contributed by atoms with van der Waals surface area (Å²) in [5.41, 5.74) is 1.56. The average molecular weight is 269 g/mol. The van der Waals surface area contributed by atoms with E-state index in [0.29, 0.717) is 16.6 Å². The van der Waals surface area contributed by atoms with Crippen LogP contribution in [0.3, 0.4) is 0 Å². The molecule has 17 heavy (non-hydrogen) atoms. The van der Waals surface area contributed by atoms with Gasteiger partial charge in [-0.2, -0.15) is 0 Å². The standard InChI is InChI=1S/C12H10Cl2N2O/c13-10-2-1-3-11(12(10)14)16-6-8-4-5-9(17)7-15-8/h1-5,7,16-17H,6H2. The molecule has 0 aliphatic carbocycles. The van der Waals surface area contributed by atoms with Crippen LogP contribution < -0.4 is 5.32 Å². The smallest absolute Gasteiger partial charge is 0.133 e. The van der Waals surface area contributed by atoms with E-state index in [1.54, 1.807) is 18.2 Å². The van der Waals surface area contributed by atoms with E-state index < -0.39 is 0 Å². The van der Waals surface area contributed by atoms with Gasteiger partial charge < -0.3 is 10.4 Å². The first kappa shape index (κ1) is 12.0. The Kier molecular flexibility index (Phi) is 3.71. The number of pyridine rings is 1. The van der Waals surface area contributed by atoms with E-state index in [-0.39, 0.29) is 5.75 Å². The molecule has 1 aromatic heterocycles. The monoisotopic (exact) mass is 268 g/mol. The third-order valence-corrected chi connectivity index (χ3v) is 3.04. The molecule has 0 atom stereocenters. The second-order valence-electron chi connectivity index (χ2n) is 3.46. The van der Waals surface area contributed by atoms with Gasteiger partial charge in [-0.1, -0.05) is 29.3 Å². The first-order valence-corrected chi connectivity index (χ1v) is 5.74. The lowest BCUT2D eigenvalue weighted by atomic mass is 10.3. The van der Waals surface area contributed by atoms with Crippen LogP contribution in [0, 0.1) is 0 Å². The summed E-state index contributed by atoms with van der Waals surface area (Å²) in [6, 6.07) is 8.72. The lowest BCUT2D eigenvalue weighted by molar-refractivity contribution is 0.472. The number of hydrogen-bond donors (Lipinski definition) is 2. The molecule has 0 bridgehead atoms. The molecule has 0 saturated carbocycles. The largest absolute Gasteiger partial charge is 0.506 e. The summed E-state index contributed by atoms with van der Waals surface area (Å²) in [7, 11) is 0. The summed E-state index contributed by atoms with van der Waals surface area (Å²) in [4.78, 5) is 4.06. The van der Waals surface area contributed by atoms with Crippen molar-refractivity contribution in [3.63, 3.8) is 0 Å². The van der Waals surface area contributed by atoms with E-state index in [2.05, 4.69) is 10.3 Å². The maximum atomic E-state index is 9.10. The van der Waals surface area contributed by atoms with E-state index in [0.717, 1.165) is 11.4 Å². The molecule has 0 fully saturated rings. The van der Waals surface area contributed by atoms with Gasteiger partial charge in [0.1, 0.15) is 5.75 Å². The molecule has 0 amide bonds. The van der Waals surface area contributed by atoms with Crippen LogP contribution in [0.2, 0.25) is 10.0 Å². The highest BCUT2D eigenvalue weighted by Crippen LogP contribution is 2.29. The van der Waals surface area contributed by atoms with E-state index in [4.69, 9.17) is 28.3 Å². The van der Waals surface area contributed by atoms with Gasteiger partial charge in [-0.3, -0.25) is 4.98 Å². The predicted molar refractivity (Wildman–Crippen MR) is 69.7 cm³/mol. The number of halogens is 2. The molecule has 0 spiro atoms. The summed E-state index contributed by atoms with van der Waals surface area (Å²) >= 11 is 11.9. The predicted octanol–water partition coefficient (Wildman–Crippen LogP) is 3.71. The third kappa shape index (κ3) is 3.02. The number of anilines is 1. The van der Waals surface area contributed by atoms with Crippen LogP contribution in [-0.2, 0) is 6.54 Å². The van der Waals surface area contributed by atoms with Gasteiger partial charge in [-0.25, -0.2) is 0 Å². The Morgan fingerprint density at radius 1 is 1.18 bits per heavy atom. The average Bonchev–Trinajstić information content (AvgIpc) is 2.33.